The summed E-state index contributed by atoms with van der Waals surface area (Å²) in [5, 5.41) is 8.93. The highest BCUT2D eigenvalue weighted by atomic mass is 16.5. The molecule has 0 saturated heterocycles. The zero-order valence-corrected chi connectivity index (χ0v) is 10.9. The predicted octanol–water partition coefficient (Wildman–Crippen LogP) is 1.09. The van der Waals surface area contributed by atoms with Crippen LogP contribution in [0.25, 0.3) is 6.08 Å². The first-order valence-electron chi connectivity index (χ1n) is 5.61. The Morgan fingerprint density at radius 2 is 2.33 bits per heavy atom. The second-order valence-corrected chi connectivity index (χ2v) is 3.96. The Morgan fingerprint density at radius 3 is 2.94 bits per heavy atom. The zero-order valence-electron chi connectivity index (χ0n) is 10.9. The molecule has 1 aromatic heterocycles. The quantitative estimate of drug-likeness (QED) is 0.482. The van der Waals surface area contributed by atoms with Crippen molar-refractivity contribution in [1.82, 2.24) is 9.55 Å². The number of aromatic nitrogens is 2. The topological polar surface area (TPSA) is 64.3 Å². The first kappa shape index (κ1) is 14.2. The third-order valence-electron chi connectivity index (χ3n) is 2.53. The highest BCUT2D eigenvalue weighted by Gasteiger charge is 2.05. The lowest BCUT2D eigenvalue weighted by Crippen LogP contribution is -1.97. The lowest BCUT2D eigenvalue weighted by Gasteiger charge is -2.00. The molecule has 0 aliphatic rings. The van der Waals surface area contributed by atoms with Crippen molar-refractivity contribution in [3.8, 4) is 0 Å². The van der Waals surface area contributed by atoms with Gasteiger partial charge in [0.05, 0.1) is 31.4 Å². The summed E-state index contributed by atoms with van der Waals surface area (Å²) < 4.78 is 6.37. The van der Waals surface area contributed by atoms with Crippen LogP contribution >= 0.6 is 0 Å². The van der Waals surface area contributed by atoms with Crippen LogP contribution in [0.15, 0.2) is 24.1 Å². The van der Waals surface area contributed by atoms with Gasteiger partial charge in [-0.25, -0.2) is 9.78 Å². The highest BCUT2D eigenvalue weighted by Crippen LogP contribution is 2.11. The third-order valence-corrected chi connectivity index (χ3v) is 2.53. The molecule has 0 radical (unpaired) electrons. The van der Waals surface area contributed by atoms with Crippen LogP contribution < -0.4 is 0 Å². The number of carbonyl (C=O) groups is 1. The minimum atomic E-state index is -0.399. The molecule has 0 aromatic carbocycles. The van der Waals surface area contributed by atoms with Gasteiger partial charge in [0.2, 0.25) is 0 Å². The van der Waals surface area contributed by atoms with Crippen molar-refractivity contribution in [3.63, 3.8) is 0 Å². The van der Waals surface area contributed by atoms with Gasteiger partial charge in [0.1, 0.15) is 0 Å². The van der Waals surface area contributed by atoms with Crippen molar-refractivity contribution >= 4 is 12.0 Å². The van der Waals surface area contributed by atoms with E-state index in [0.717, 1.165) is 17.0 Å². The summed E-state index contributed by atoms with van der Waals surface area (Å²) in [4.78, 5) is 15.3. The molecule has 1 N–H and O–H groups in total. The lowest BCUT2D eigenvalue weighted by molar-refractivity contribution is -0.134. The van der Waals surface area contributed by atoms with E-state index in [0.29, 0.717) is 6.42 Å². The molecule has 1 rings (SSSR count). The standard InChI is InChI=1S/C13H18N2O3/c1-10(8-16)4-5-11-12(15(2)9-14-11)6-7-13(17)18-3/h4,6-7,9,16H,5,8H2,1-3H3. The lowest BCUT2D eigenvalue weighted by atomic mass is 10.2. The van der Waals surface area contributed by atoms with Gasteiger partial charge in [-0.2, -0.15) is 0 Å². The number of imidazole rings is 1. The summed E-state index contributed by atoms with van der Waals surface area (Å²) in [5.74, 6) is -0.399. The van der Waals surface area contributed by atoms with Crippen LogP contribution in [-0.4, -0.2) is 34.3 Å². The number of aliphatic hydroxyl groups is 1. The maximum atomic E-state index is 11.1. The third kappa shape index (κ3) is 3.85. The maximum absolute atomic E-state index is 11.1. The summed E-state index contributed by atoms with van der Waals surface area (Å²) in [5.41, 5.74) is 2.59. The van der Waals surface area contributed by atoms with Gasteiger partial charge in [-0.05, 0) is 13.0 Å². The molecule has 1 aromatic rings. The van der Waals surface area contributed by atoms with E-state index < -0.39 is 5.97 Å². The van der Waals surface area contributed by atoms with Crippen molar-refractivity contribution in [3.05, 3.63) is 35.4 Å². The average Bonchev–Trinajstić information content (AvgIpc) is 2.73. The normalized spacial score (nSPS) is 12.1. The van der Waals surface area contributed by atoms with Gasteiger partial charge in [-0.1, -0.05) is 11.6 Å². The summed E-state index contributed by atoms with van der Waals surface area (Å²) >= 11 is 0. The fourth-order valence-electron chi connectivity index (χ4n) is 1.41. The Kier molecular flexibility index (Phi) is 5.32. The molecule has 0 amide bonds. The van der Waals surface area contributed by atoms with Gasteiger partial charge in [0.15, 0.2) is 0 Å². The maximum Gasteiger partial charge on any atom is 0.330 e. The summed E-state index contributed by atoms with van der Waals surface area (Å²) in [6.07, 6.45) is 7.26. The fourth-order valence-corrected chi connectivity index (χ4v) is 1.41. The smallest absolute Gasteiger partial charge is 0.330 e. The Morgan fingerprint density at radius 1 is 1.61 bits per heavy atom. The highest BCUT2D eigenvalue weighted by molar-refractivity contribution is 5.86. The van der Waals surface area contributed by atoms with Gasteiger partial charge in [0, 0.05) is 19.5 Å². The first-order valence-corrected chi connectivity index (χ1v) is 5.61. The van der Waals surface area contributed by atoms with E-state index in [4.69, 9.17) is 5.11 Å². The number of nitrogens with zero attached hydrogens (tertiary/aromatic N) is 2. The van der Waals surface area contributed by atoms with Crippen molar-refractivity contribution in [2.75, 3.05) is 13.7 Å². The Hall–Kier alpha value is -1.88. The van der Waals surface area contributed by atoms with Crippen molar-refractivity contribution in [1.29, 1.82) is 0 Å². The van der Waals surface area contributed by atoms with Gasteiger partial charge in [0.25, 0.3) is 0 Å². The fraction of sp³-hybridized carbons (Fsp3) is 0.385. The Labute approximate surface area is 106 Å². The van der Waals surface area contributed by atoms with Crippen LogP contribution in [0.5, 0.6) is 0 Å². The largest absolute Gasteiger partial charge is 0.466 e. The number of allylic oxidation sites excluding steroid dienone is 1. The van der Waals surface area contributed by atoms with E-state index >= 15 is 0 Å². The number of hydrogen-bond acceptors (Lipinski definition) is 4. The molecule has 1 heterocycles. The molecule has 18 heavy (non-hydrogen) atoms. The molecule has 0 fully saturated rings. The molecule has 0 saturated carbocycles. The number of aryl methyl sites for hydroxylation is 1. The minimum absolute atomic E-state index is 0.0418. The summed E-state index contributed by atoms with van der Waals surface area (Å²) in [6, 6.07) is 0. The zero-order chi connectivity index (χ0) is 13.5. The summed E-state index contributed by atoms with van der Waals surface area (Å²) in [7, 11) is 3.19. The number of methoxy groups -OCH3 is 1. The predicted molar refractivity (Wildman–Crippen MR) is 68.8 cm³/mol. The van der Waals surface area contributed by atoms with Crippen LogP contribution in [0, 0.1) is 0 Å². The van der Waals surface area contributed by atoms with E-state index in [-0.39, 0.29) is 6.61 Å². The van der Waals surface area contributed by atoms with Gasteiger partial charge in [-0.3, -0.25) is 0 Å². The second kappa shape index (κ2) is 6.76. The SMILES string of the molecule is COC(=O)C=Cc1c(CC=C(C)CO)ncn1C. The van der Waals surface area contributed by atoms with Gasteiger partial charge >= 0.3 is 5.97 Å². The van der Waals surface area contributed by atoms with Crippen LogP contribution in [0.3, 0.4) is 0 Å². The van der Waals surface area contributed by atoms with Crippen molar-refractivity contribution in [2.24, 2.45) is 7.05 Å². The van der Waals surface area contributed by atoms with E-state index in [1.807, 2.05) is 24.6 Å². The number of rotatable bonds is 5. The molecule has 0 atom stereocenters. The number of ether oxygens (including phenoxy) is 1. The second-order valence-electron chi connectivity index (χ2n) is 3.96. The molecule has 5 heteroatoms. The van der Waals surface area contributed by atoms with Crippen LogP contribution in [0.1, 0.15) is 18.3 Å². The van der Waals surface area contributed by atoms with Gasteiger partial charge < -0.3 is 14.4 Å². The van der Waals surface area contributed by atoms with Crippen LogP contribution in [0.2, 0.25) is 0 Å². The minimum Gasteiger partial charge on any atom is -0.466 e. The molecule has 5 nitrogen and oxygen atoms in total. The molecule has 0 spiro atoms. The number of aliphatic hydroxyl groups excluding tert-OH is 1. The molecular weight excluding hydrogens is 232 g/mol. The van der Waals surface area contributed by atoms with Crippen LogP contribution in [0.4, 0.5) is 0 Å². The van der Waals surface area contributed by atoms with E-state index in [1.165, 1.54) is 13.2 Å². The van der Waals surface area contributed by atoms with E-state index in [9.17, 15) is 4.79 Å². The average molecular weight is 250 g/mol. The first-order chi connectivity index (χ1) is 8.58. The molecule has 0 aliphatic carbocycles. The molecular formula is C13H18N2O3. The monoisotopic (exact) mass is 250 g/mol. The van der Waals surface area contributed by atoms with Gasteiger partial charge in [-0.15, -0.1) is 0 Å². The number of esters is 1. The number of hydrogen-bond donors (Lipinski definition) is 1. The number of carbonyl (C=O) groups excluding carboxylic acids is 1. The Balaban J connectivity index is 2.88. The van der Waals surface area contributed by atoms with Crippen LogP contribution in [-0.2, 0) is 23.0 Å². The Bertz CT molecular complexity index is 473. The summed E-state index contributed by atoms with van der Waals surface area (Å²) in [6.45, 7) is 1.90. The molecule has 0 unspecified atom stereocenters. The molecule has 0 aliphatic heterocycles. The molecule has 98 valence electrons. The van der Waals surface area contributed by atoms with Crippen molar-refractivity contribution in [2.45, 2.75) is 13.3 Å². The molecule has 0 bridgehead atoms. The van der Waals surface area contributed by atoms with E-state index in [1.54, 1.807) is 12.4 Å². The van der Waals surface area contributed by atoms with Crippen molar-refractivity contribution < 1.29 is 14.6 Å². The van der Waals surface area contributed by atoms with E-state index in [2.05, 4.69) is 9.72 Å².